The predicted molar refractivity (Wildman–Crippen MR) is 74.8 cm³/mol. The van der Waals surface area contributed by atoms with E-state index < -0.39 is 6.10 Å². The van der Waals surface area contributed by atoms with Gasteiger partial charge in [0.15, 0.2) is 0 Å². The van der Waals surface area contributed by atoms with Crippen LogP contribution < -0.4 is 4.74 Å². The second-order valence-corrected chi connectivity index (χ2v) is 5.78. The monoisotopic (exact) mass is 282 g/mol. The van der Waals surface area contributed by atoms with Gasteiger partial charge in [0.1, 0.15) is 18.5 Å². The summed E-state index contributed by atoms with van der Waals surface area (Å²) in [5.74, 6) is 0.752. The van der Waals surface area contributed by atoms with Crippen LogP contribution >= 0.6 is 11.6 Å². The quantitative estimate of drug-likeness (QED) is 0.844. The van der Waals surface area contributed by atoms with Crippen molar-refractivity contribution in [1.82, 2.24) is 9.80 Å². The summed E-state index contributed by atoms with van der Waals surface area (Å²) in [5.41, 5.74) is 0.808. The van der Waals surface area contributed by atoms with Crippen LogP contribution in [0.5, 0.6) is 5.75 Å². The average Bonchev–Trinajstić information content (AvgIpc) is 2.41. The van der Waals surface area contributed by atoms with Crippen molar-refractivity contribution in [3.8, 4) is 5.75 Å². The molecule has 19 heavy (non-hydrogen) atoms. The van der Waals surface area contributed by atoms with E-state index in [-0.39, 0.29) is 6.04 Å². The average molecular weight is 283 g/mol. The van der Waals surface area contributed by atoms with Gasteiger partial charge in [0.25, 0.3) is 0 Å². The Balaban J connectivity index is 1.79. The van der Waals surface area contributed by atoms with E-state index >= 15 is 0 Å². The maximum Gasteiger partial charge on any atom is 0.125 e. The van der Waals surface area contributed by atoms with Crippen LogP contribution in [-0.2, 0) is 0 Å². The van der Waals surface area contributed by atoms with Crippen molar-refractivity contribution in [3.05, 3.63) is 28.8 Å². The number of hydrogen-bond donors (Lipinski definition) is 1. The molecule has 0 spiro atoms. The molecule has 2 aliphatic rings. The lowest BCUT2D eigenvalue weighted by atomic mass is 9.97. The van der Waals surface area contributed by atoms with E-state index in [9.17, 15) is 5.11 Å². The van der Waals surface area contributed by atoms with Crippen LogP contribution in [0.4, 0.5) is 0 Å². The molecule has 1 aromatic rings. The van der Waals surface area contributed by atoms with Crippen LogP contribution in [0.2, 0.25) is 5.02 Å². The number of benzene rings is 1. The Morgan fingerprint density at radius 1 is 1.26 bits per heavy atom. The molecule has 1 saturated heterocycles. The molecule has 1 aromatic carbocycles. The van der Waals surface area contributed by atoms with Crippen LogP contribution in [0.1, 0.15) is 11.7 Å². The second kappa shape index (κ2) is 5.29. The Hall–Kier alpha value is -0.810. The fourth-order valence-corrected chi connectivity index (χ4v) is 2.99. The van der Waals surface area contributed by atoms with Gasteiger partial charge in [-0.1, -0.05) is 11.6 Å². The second-order valence-electron chi connectivity index (χ2n) is 5.34. The molecule has 2 unspecified atom stereocenters. The molecule has 2 atom stereocenters. The molecular formula is C14H19ClN2O2. The number of aliphatic hydroxyl groups is 1. The first kappa shape index (κ1) is 13.2. The molecule has 0 amide bonds. The van der Waals surface area contributed by atoms with Crippen LogP contribution in [0.25, 0.3) is 0 Å². The molecule has 0 radical (unpaired) electrons. The summed E-state index contributed by atoms with van der Waals surface area (Å²) in [6.45, 7) is 4.55. The van der Waals surface area contributed by atoms with Gasteiger partial charge >= 0.3 is 0 Å². The predicted octanol–water partition coefficient (Wildman–Crippen LogP) is 1.38. The van der Waals surface area contributed by atoms with E-state index in [1.807, 2.05) is 12.1 Å². The highest BCUT2D eigenvalue weighted by molar-refractivity contribution is 6.30. The molecule has 0 saturated carbocycles. The first-order chi connectivity index (χ1) is 9.15. The number of likely N-dealkylation sites (N-methyl/N-ethyl adjacent to an activating group) is 1. The topological polar surface area (TPSA) is 35.9 Å². The molecule has 1 N–H and O–H groups in total. The molecule has 104 valence electrons. The highest BCUT2D eigenvalue weighted by Crippen LogP contribution is 2.36. The Kier molecular flexibility index (Phi) is 3.67. The lowest BCUT2D eigenvalue weighted by molar-refractivity contribution is -0.0140. The zero-order chi connectivity index (χ0) is 13.4. The maximum absolute atomic E-state index is 10.6. The minimum absolute atomic E-state index is 0.0275. The van der Waals surface area contributed by atoms with Crippen molar-refractivity contribution in [3.63, 3.8) is 0 Å². The lowest BCUT2D eigenvalue weighted by Crippen LogP contribution is -2.53. The van der Waals surface area contributed by atoms with Gasteiger partial charge in [-0.15, -0.1) is 0 Å². The largest absolute Gasteiger partial charge is 0.491 e. The maximum atomic E-state index is 10.6. The van der Waals surface area contributed by atoms with E-state index in [0.29, 0.717) is 11.6 Å². The summed E-state index contributed by atoms with van der Waals surface area (Å²) in [6, 6.07) is 5.47. The Morgan fingerprint density at radius 3 is 2.74 bits per heavy atom. The minimum atomic E-state index is -0.522. The highest BCUT2D eigenvalue weighted by Gasteiger charge is 2.34. The number of piperazine rings is 1. The summed E-state index contributed by atoms with van der Waals surface area (Å²) in [5, 5.41) is 11.2. The van der Waals surface area contributed by atoms with Crippen molar-refractivity contribution in [2.45, 2.75) is 12.1 Å². The van der Waals surface area contributed by atoms with Crippen molar-refractivity contribution < 1.29 is 9.84 Å². The smallest absolute Gasteiger partial charge is 0.125 e. The Labute approximate surface area is 118 Å². The first-order valence-electron chi connectivity index (χ1n) is 6.68. The van der Waals surface area contributed by atoms with E-state index in [0.717, 1.165) is 37.5 Å². The lowest BCUT2D eigenvalue weighted by Gasteiger charge is -2.42. The van der Waals surface area contributed by atoms with Gasteiger partial charge < -0.3 is 14.7 Å². The molecule has 0 aromatic heterocycles. The molecule has 3 rings (SSSR count). The highest BCUT2D eigenvalue weighted by atomic mass is 35.5. The summed E-state index contributed by atoms with van der Waals surface area (Å²) in [4.78, 5) is 4.62. The zero-order valence-corrected chi connectivity index (χ0v) is 11.8. The third-order valence-electron chi connectivity index (χ3n) is 4.07. The first-order valence-corrected chi connectivity index (χ1v) is 7.06. The molecule has 0 aliphatic carbocycles. The standard InChI is InChI=1S/C14H19ClN2O2/c1-16-4-6-17(7-5-16)12-9-19-13-3-2-10(15)8-11(13)14(12)18/h2-3,8,12,14,18H,4-7,9H2,1H3. The van der Waals surface area contributed by atoms with Gasteiger partial charge in [-0.05, 0) is 25.2 Å². The fraction of sp³-hybridized carbons (Fsp3) is 0.571. The molecule has 0 bridgehead atoms. The molecule has 4 nitrogen and oxygen atoms in total. The van der Waals surface area contributed by atoms with Crippen LogP contribution in [0.15, 0.2) is 18.2 Å². The molecule has 1 fully saturated rings. The normalized spacial score (nSPS) is 28.8. The summed E-state index contributed by atoms with van der Waals surface area (Å²) in [6.07, 6.45) is -0.522. The number of ether oxygens (including phenoxy) is 1. The van der Waals surface area contributed by atoms with Gasteiger partial charge in [0.2, 0.25) is 0 Å². The number of fused-ring (bicyclic) bond motifs is 1. The number of halogens is 1. The van der Waals surface area contributed by atoms with Gasteiger partial charge in [-0.2, -0.15) is 0 Å². The fourth-order valence-electron chi connectivity index (χ4n) is 2.81. The van der Waals surface area contributed by atoms with Crippen LogP contribution in [0.3, 0.4) is 0 Å². The van der Waals surface area contributed by atoms with Gasteiger partial charge in [-0.25, -0.2) is 0 Å². The van der Waals surface area contributed by atoms with Crippen LogP contribution in [0, 0.1) is 0 Å². The minimum Gasteiger partial charge on any atom is -0.491 e. The molecule has 5 heteroatoms. The van der Waals surface area contributed by atoms with E-state index in [2.05, 4.69) is 16.8 Å². The molecule has 2 heterocycles. The van der Waals surface area contributed by atoms with Crippen molar-refractivity contribution in [2.24, 2.45) is 0 Å². The van der Waals surface area contributed by atoms with Gasteiger partial charge in [0.05, 0.1) is 6.04 Å². The van der Waals surface area contributed by atoms with Crippen molar-refractivity contribution in [2.75, 3.05) is 39.8 Å². The Bertz CT molecular complexity index is 461. The molecule has 2 aliphatic heterocycles. The van der Waals surface area contributed by atoms with E-state index in [1.54, 1.807) is 6.07 Å². The number of nitrogens with zero attached hydrogens (tertiary/aromatic N) is 2. The van der Waals surface area contributed by atoms with Crippen molar-refractivity contribution in [1.29, 1.82) is 0 Å². The van der Waals surface area contributed by atoms with Gasteiger partial charge in [0, 0.05) is 36.8 Å². The number of aliphatic hydroxyl groups excluding tert-OH is 1. The van der Waals surface area contributed by atoms with E-state index in [4.69, 9.17) is 16.3 Å². The van der Waals surface area contributed by atoms with Gasteiger partial charge in [-0.3, -0.25) is 4.90 Å². The number of hydrogen-bond acceptors (Lipinski definition) is 4. The summed E-state index contributed by atoms with van der Waals surface area (Å²) >= 11 is 6.01. The summed E-state index contributed by atoms with van der Waals surface area (Å²) in [7, 11) is 2.13. The van der Waals surface area contributed by atoms with Crippen LogP contribution in [-0.4, -0.2) is 60.8 Å². The molecular weight excluding hydrogens is 264 g/mol. The Morgan fingerprint density at radius 2 is 2.00 bits per heavy atom. The number of rotatable bonds is 1. The third-order valence-corrected chi connectivity index (χ3v) is 4.31. The van der Waals surface area contributed by atoms with Crippen molar-refractivity contribution >= 4 is 11.6 Å². The SMILES string of the molecule is CN1CCN(C2COc3ccc(Cl)cc3C2O)CC1. The summed E-state index contributed by atoms with van der Waals surface area (Å²) < 4.78 is 5.77. The zero-order valence-electron chi connectivity index (χ0n) is 11.1. The van der Waals surface area contributed by atoms with E-state index in [1.165, 1.54) is 0 Å². The third kappa shape index (κ3) is 2.58.